The number of carboxylic acid groups (broad SMARTS) is 1. The summed E-state index contributed by atoms with van der Waals surface area (Å²) >= 11 is 0. The molecule has 172 valence electrons. The number of hydrogen-bond acceptors (Lipinski definition) is 4. The van der Waals surface area contributed by atoms with Crippen LogP contribution in [0.1, 0.15) is 15.9 Å². The largest absolute Gasteiger partial charge is 0.488 e. The maximum absolute atomic E-state index is 13.2. The van der Waals surface area contributed by atoms with E-state index < -0.39 is 5.97 Å². The number of aromatic carboxylic acids is 1. The number of anilines is 1. The van der Waals surface area contributed by atoms with Gasteiger partial charge in [0.15, 0.2) is 0 Å². The summed E-state index contributed by atoms with van der Waals surface area (Å²) in [6.07, 6.45) is 1.68. The number of rotatable bonds is 7. The molecule has 0 fully saturated rings. The molecule has 4 aromatic carbocycles. The van der Waals surface area contributed by atoms with Crippen LogP contribution in [-0.2, 0) is 4.79 Å². The Balaban J connectivity index is 1.44. The number of aromatic amines is 1. The Kier molecular flexibility index (Phi) is 5.96. The highest BCUT2D eigenvalue weighted by molar-refractivity contribution is 6.06. The van der Waals surface area contributed by atoms with E-state index in [4.69, 9.17) is 9.84 Å². The minimum atomic E-state index is -1.01. The molecule has 0 saturated heterocycles. The van der Waals surface area contributed by atoms with Crippen LogP contribution in [0.25, 0.3) is 27.9 Å². The Hall–Kier alpha value is -4.91. The molecule has 1 heterocycles. The van der Waals surface area contributed by atoms with Crippen LogP contribution in [0.2, 0.25) is 0 Å². The van der Waals surface area contributed by atoms with Crippen molar-refractivity contribution in [1.29, 1.82) is 0 Å². The van der Waals surface area contributed by atoms with Gasteiger partial charge in [-0.3, -0.25) is 10.1 Å². The van der Waals surface area contributed by atoms with Gasteiger partial charge in [-0.2, -0.15) is 0 Å². The quantitative estimate of drug-likeness (QED) is 0.276. The fraction of sp³-hybridized carbons (Fsp3) is 0.0357. The lowest BCUT2D eigenvalue weighted by Crippen LogP contribution is -2.20. The normalized spacial score (nSPS) is 11.5. The predicted molar refractivity (Wildman–Crippen MR) is 136 cm³/mol. The molecule has 1 amide bonds. The van der Waals surface area contributed by atoms with Gasteiger partial charge in [-0.15, -0.1) is 0 Å². The lowest BCUT2D eigenvalue weighted by Gasteiger charge is -2.12. The first-order chi connectivity index (χ1) is 17.1. The van der Waals surface area contributed by atoms with Gasteiger partial charge in [0.05, 0.1) is 22.2 Å². The van der Waals surface area contributed by atoms with Crippen molar-refractivity contribution in [2.24, 2.45) is 0 Å². The minimum absolute atomic E-state index is 0.000745. The molecule has 1 aromatic heterocycles. The van der Waals surface area contributed by atoms with E-state index in [0.717, 1.165) is 21.8 Å². The maximum atomic E-state index is 13.2. The van der Waals surface area contributed by atoms with Crippen LogP contribution in [0.4, 0.5) is 5.95 Å². The van der Waals surface area contributed by atoms with E-state index in [0.29, 0.717) is 22.8 Å². The summed E-state index contributed by atoms with van der Waals surface area (Å²) in [5.41, 5.74) is 2.74. The number of ether oxygens (including phenoxy) is 1. The molecule has 5 rings (SSSR count). The zero-order chi connectivity index (χ0) is 24.2. The summed E-state index contributed by atoms with van der Waals surface area (Å²) in [4.78, 5) is 31.9. The van der Waals surface area contributed by atoms with Gasteiger partial charge in [-0.05, 0) is 47.4 Å². The van der Waals surface area contributed by atoms with Crippen LogP contribution in [0.5, 0.6) is 5.75 Å². The molecule has 7 heteroatoms. The third-order valence-electron chi connectivity index (χ3n) is 5.54. The number of hydrogen-bond donors (Lipinski definition) is 3. The maximum Gasteiger partial charge on any atom is 0.335 e. The van der Waals surface area contributed by atoms with Gasteiger partial charge < -0.3 is 14.8 Å². The highest BCUT2D eigenvalue weighted by atomic mass is 16.5. The number of para-hydroxylation sites is 2. The third-order valence-corrected chi connectivity index (χ3v) is 5.54. The molecule has 7 nitrogen and oxygen atoms in total. The number of amides is 1. The van der Waals surface area contributed by atoms with E-state index >= 15 is 0 Å². The Labute approximate surface area is 200 Å². The monoisotopic (exact) mass is 463 g/mol. The molecule has 0 spiro atoms. The summed E-state index contributed by atoms with van der Waals surface area (Å²) in [5.74, 6) is -0.408. The van der Waals surface area contributed by atoms with Gasteiger partial charge in [0.25, 0.3) is 5.91 Å². The van der Waals surface area contributed by atoms with E-state index in [1.807, 2.05) is 66.7 Å². The van der Waals surface area contributed by atoms with Crippen LogP contribution in [0.3, 0.4) is 0 Å². The van der Waals surface area contributed by atoms with Crippen LogP contribution in [-0.4, -0.2) is 33.6 Å². The Bertz CT molecular complexity index is 1530. The van der Waals surface area contributed by atoms with Crippen molar-refractivity contribution in [2.75, 3.05) is 11.9 Å². The summed E-state index contributed by atoms with van der Waals surface area (Å²) < 4.78 is 6.08. The van der Waals surface area contributed by atoms with Crippen LogP contribution < -0.4 is 10.1 Å². The van der Waals surface area contributed by atoms with Crippen molar-refractivity contribution < 1.29 is 19.4 Å². The number of carboxylic acids is 1. The van der Waals surface area contributed by atoms with Crippen molar-refractivity contribution in [3.05, 3.63) is 108 Å². The molecule has 0 aliphatic rings. The number of aromatic nitrogens is 2. The first-order valence-corrected chi connectivity index (χ1v) is 11.0. The molecule has 0 aliphatic carbocycles. The molecule has 0 atom stereocenters. The smallest absolute Gasteiger partial charge is 0.335 e. The third kappa shape index (κ3) is 4.89. The predicted octanol–water partition coefficient (Wildman–Crippen LogP) is 5.52. The number of benzene rings is 4. The molecular formula is C28H21N3O4. The van der Waals surface area contributed by atoms with Crippen LogP contribution in [0.15, 0.2) is 96.6 Å². The molecule has 3 N–H and O–H groups in total. The summed E-state index contributed by atoms with van der Waals surface area (Å²) in [5, 5.41) is 13.9. The number of fused-ring (bicyclic) bond motifs is 2. The van der Waals surface area contributed by atoms with Crippen molar-refractivity contribution in [2.45, 2.75) is 0 Å². The van der Waals surface area contributed by atoms with Gasteiger partial charge in [0.2, 0.25) is 5.95 Å². The first-order valence-electron chi connectivity index (χ1n) is 11.0. The summed E-state index contributed by atoms with van der Waals surface area (Å²) in [6.45, 7) is 0.000745. The molecule has 0 aliphatic heterocycles. The van der Waals surface area contributed by atoms with Gasteiger partial charge in [0, 0.05) is 5.39 Å². The molecule has 0 bridgehead atoms. The minimum Gasteiger partial charge on any atom is -0.488 e. The number of carbonyl (C=O) groups excluding carboxylic acids is 1. The van der Waals surface area contributed by atoms with Crippen molar-refractivity contribution in [3.63, 3.8) is 0 Å². The molecule has 5 aromatic rings. The number of H-pyrrole nitrogens is 1. The number of nitrogens with one attached hydrogen (secondary N) is 2. The van der Waals surface area contributed by atoms with Crippen molar-refractivity contribution >= 4 is 45.7 Å². The molecule has 0 unspecified atom stereocenters. The van der Waals surface area contributed by atoms with E-state index in [1.165, 1.54) is 12.1 Å². The Morgan fingerprint density at radius 2 is 1.66 bits per heavy atom. The Morgan fingerprint density at radius 3 is 2.46 bits per heavy atom. The van der Waals surface area contributed by atoms with Crippen molar-refractivity contribution in [1.82, 2.24) is 9.97 Å². The van der Waals surface area contributed by atoms with E-state index in [2.05, 4.69) is 15.3 Å². The second kappa shape index (κ2) is 9.52. The summed E-state index contributed by atoms with van der Waals surface area (Å²) in [7, 11) is 0. The van der Waals surface area contributed by atoms with E-state index in [1.54, 1.807) is 18.2 Å². The van der Waals surface area contributed by atoms with Crippen LogP contribution >= 0.6 is 0 Å². The highest BCUT2D eigenvalue weighted by Crippen LogP contribution is 2.26. The summed E-state index contributed by atoms with van der Waals surface area (Å²) in [6, 6.07) is 27.4. The first kappa shape index (κ1) is 21.9. The van der Waals surface area contributed by atoms with Gasteiger partial charge in [0.1, 0.15) is 12.4 Å². The van der Waals surface area contributed by atoms with Gasteiger partial charge in [-0.25, -0.2) is 9.78 Å². The van der Waals surface area contributed by atoms with E-state index in [9.17, 15) is 9.59 Å². The standard InChI is InChI=1S/C28H21N3O4/c32-26(31-28-29-23-9-3-4-10-24(23)30-28)21(16-18-12-14-20(15-13-18)27(33)34)17-35-25-11-5-7-19-6-1-2-8-22(19)25/h1-16H,17H2,(H,33,34)(H2,29,30,31,32). The average molecular weight is 463 g/mol. The van der Waals surface area contributed by atoms with E-state index in [-0.39, 0.29) is 18.1 Å². The number of nitrogens with zero attached hydrogens (tertiary/aromatic N) is 1. The zero-order valence-electron chi connectivity index (χ0n) is 18.6. The molecule has 0 radical (unpaired) electrons. The van der Waals surface area contributed by atoms with Gasteiger partial charge in [-0.1, -0.05) is 60.7 Å². The lowest BCUT2D eigenvalue weighted by atomic mass is 10.1. The second-order valence-electron chi connectivity index (χ2n) is 7.92. The fourth-order valence-corrected chi connectivity index (χ4v) is 3.77. The number of carbonyl (C=O) groups is 2. The van der Waals surface area contributed by atoms with Gasteiger partial charge >= 0.3 is 5.97 Å². The molecule has 35 heavy (non-hydrogen) atoms. The zero-order valence-corrected chi connectivity index (χ0v) is 18.6. The number of imidazole rings is 1. The SMILES string of the molecule is O=C(Nc1nc2ccccc2[nH]1)C(=Cc1ccc(C(=O)O)cc1)COc1cccc2ccccc12. The lowest BCUT2D eigenvalue weighted by molar-refractivity contribution is -0.113. The topological polar surface area (TPSA) is 104 Å². The molecule has 0 saturated carbocycles. The fourth-order valence-electron chi connectivity index (χ4n) is 3.77. The second-order valence-corrected chi connectivity index (χ2v) is 7.92. The van der Waals surface area contributed by atoms with Crippen molar-refractivity contribution in [3.8, 4) is 5.75 Å². The highest BCUT2D eigenvalue weighted by Gasteiger charge is 2.15. The van der Waals surface area contributed by atoms with Crippen LogP contribution in [0, 0.1) is 0 Å². The Morgan fingerprint density at radius 1 is 0.914 bits per heavy atom. The molecular weight excluding hydrogens is 442 g/mol. The average Bonchev–Trinajstić information content (AvgIpc) is 3.29.